The lowest BCUT2D eigenvalue weighted by atomic mass is 10.1. The average molecular weight is 284 g/mol. The van der Waals surface area contributed by atoms with Gasteiger partial charge in [-0.3, -0.25) is 0 Å². The molecule has 0 bridgehead atoms. The number of hydrogen-bond acceptors (Lipinski definition) is 3. The Morgan fingerprint density at radius 2 is 2.16 bits per heavy atom. The molecule has 1 aromatic rings. The summed E-state index contributed by atoms with van der Waals surface area (Å²) in [6, 6.07) is 5.47. The Morgan fingerprint density at radius 1 is 1.42 bits per heavy atom. The molecule has 5 heteroatoms. The molecular weight excluding hydrogens is 262 g/mol. The van der Waals surface area contributed by atoms with Crippen molar-refractivity contribution in [2.75, 3.05) is 13.6 Å². The van der Waals surface area contributed by atoms with E-state index < -0.39 is 0 Å². The second-order valence-electron chi connectivity index (χ2n) is 4.74. The smallest absolute Gasteiger partial charge is 0.170 e. The van der Waals surface area contributed by atoms with E-state index >= 15 is 0 Å². The van der Waals surface area contributed by atoms with E-state index in [9.17, 15) is 0 Å². The third-order valence-electron chi connectivity index (χ3n) is 3.04. The van der Waals surface area contributed by atoms with Crippen molar-refractivity contribution < 1.29 is 5.21 Å². The van der Waals surface area contributed by atoms with Crippen LogP contribution in [0.5, 0.6) is 0 Å². The van der Waals surface area contributed by atoms with Gasteiger partial charge in [-0.15, -0.1) is 0 Å². The number of halogens is 1. The summed E-state index contributed by atoms with van der Waals surface area (Å²) in [7, 11) is 2.09. The van der Waals surface area contributed by atoms with Crippen LogP contribution >= 0.6 is 11.6 Å². The first-order valence-electron chi connectivity index (χ1n) is 6.53. The summed E-state index contributed by atoms with van der Waals surface area (Å²) in [4.78, 5) is 2.25. The Labute approximate surface area is 119 Å². The Bertz CT molecular complexity index is 435. The van der Waals surface area contributed by atoms with Crippen molar-refractivity contribution in [1.82, 2.24) is 4.90 Å². The third-order valence-corrected chi connectivity index (χ3v) is 3.39. The summed E-state index contributed by atoms with van der Waals surface area (Å²) >= 11 is 6.22. The summed E-state index contributed by atoms with van der Waals surface area (Å²) in [5.74, 6) is 0.0738. The zero-order valence-electron chi connectivity index (χ0n) is 11.6. The predicted molar refractivity (Wildman–Crippen MR) is 79.8 cm³/mol. The molecule has 0 saturated heterocycles. The molecule has 19 heavy (non-hydrogen) atoms. The topological polar surface area (TPSA) is 61.8 Å². The molecule has 106 valence electrons. The van der Waals surface area contributed by atoms with Gasteiger partial charge < -0.3 is 15.8 Å². The maximum Gasteiger partial charge on any atom is 0.170 e. The minimum Gasteiger partial charge on any atom is -0.409 e. The summed E-state index contributed by atoms with van der Waals surface area (Å²) in [6.07, 6.45) is 3.68. The van der Waals surface area contributed by atoms with Crippen LogP contribution in [0.2, 0.25) is 5.02 Å². The molecule has 0 amide bonds. The molecule has 0 aliphatic rings. The molecule has 0 radical (unpaired) electrons. The largest absolute Gasteiger partial charge is 0.409 e. The van der Waals surface area contributed by atoms with Crippen LogP contribution in [0.4, 0.5) is 0 Å². The summed E-state index contributed by atoms with van der Waals surface area (Å²) in [5, 5.41) is 12.2. The normalized spacial score (nSPS) is 12.1. The zero-order chi connectivity index (χ0) is 14.3. The number of amidine groups is 1. The van der Waals surface area contributed by atoms with Crippen molar-refractivity contribution in [2.24, 2.45) is 10.9 Å². The second-order valence-corrected chi connectivity index (χ2v) is 5.14. The quantitative estimate of drug-likeness (QED) is 0.266. The van der Waals surface area contributed by atoms with Crippen LogP contribution < -0.4 is 5.73 Å². The van der Waals surface area contributed by atoms with Gasteiger partial charge in [0.05, 0.1) is 0 Å². The molecule has 0 spiro atoms. The van der Waals surface area contributed by atoms with Gasteiger partial charge in [0.15, 0.2) is 5.84 Å². The fourth-order valence-electron chi connectivity index (χ4n) is 1.89. The SMILES string of the molecule is CCCCCN(C)Cc1ccc(/C(N)=N/O)cc1Cl. The number of nitrogens with two attached hydrogens (primary N) is 1. The number of benzene rings is 1. The van der Waals surface area contributed by atoms with E-state index in [1.165, 1.54) is 19.3 Å². The summed E-state index contributed by atoms with van der Waals surface area (Å²) in [5.41, 5.74) is 7.21. The highest BCUT2D eigenvalue weighted by atomic mass is 35.5. The van der Waals surface area contributed by atoms with Crippen LogP contribution in [0.25, 0.3) is 0 Å². The summed E-state index contributed by atoms with van der Waals surface area (Å²) < 4.78 is 0. The van der Waals surface area contributed by atoms with Crippen molar-refractivity contribution in [1.29, 1.82) is 0 Å². The minimum atomic E-state index is 0.0738. The highest BCUT2D eigenvalue weighted by Crippen LogP contribution is 2.19. The lowest BCUT2D eigenvalue weighted by molar-refractivity contribution is 0.318. The third kappa shape index (κ3) is 5.09. The number of unbranched alkanes of at least 4 members (excludes halogenated alkanes) is 2. The first-order valence-corrected chi connectivity index (χ1v) is 6.91. The molecule has 0 fully saturated rings. The fourth-order valence-corrected chi connectivity index (χ4v) is 2.13. The van der Waals surface area contributed by atoms with E-state index in [-0.39, 0.29) is 5.84 Å². The van der Waals surface area contributed by atoms with Crippen LogP contribution in [0.3, 0.4) is 0 Å². The van der Waals surface area contributed by atoms with Gasteiger partial charge in [0.1, 0.15) is 0 Å². The van der Waals surface area contributed by atoms with E-state index in [0.717, 1.165) is 18.7 Å². The van der Waals surface area contributed by atoms with Crippen LogP contribution in [0, 0.1) is 0 Å². The lowest BCUT2D eigenvalue weighted by Crippen LogP contribution is -2.19. The average Bonchev–Trinajstić information content (AvgIpc) is 2.40. The Morgan fingerprint density at radius 3 is 2.74 bits per heavy atom. The van der Waals surface area contributed by atoms with Crippen LogP contribution in [-0.4, -0.2) is 29.5 Å². The first kappa shape index (κ1) is 15.8. The lowest BCUT2D eigenvalue weighted by Gasteiger charge is -2.17. The van der Waals surface area contributed by atoms with Gasteiger partial charge in [-0.25, -0.2) is 0 Å². The highest BCUT2D eigenvalue weighted by Gasteiger charge is 2.07. The number of nitrogens with zero attached hydrogens (tertiary/aromatic N) is 2. The molecule has 0 aliphatic heterocycles. The van der Waals surface area contributed by atoms with Crippen molar-refractivity contribution in [3.05, 3.63) is 34.3 Å². The molecule has 1 aromatic carbocycles. The first-order chi connectivity index (χ1) is 9.08. The predicted octanol–water partition coefficient (Wildman–Crippen LogP) is 3.06. The zero-order valence-corrected chi connectivity index (χ0v) is 12.3. The van der Waals surface area contributed by atoms with E-state index in [2.05, 4.69) is 24.0 Å². The van der Waals surface area contributed by atoms with Crippen LogP contribution in [0.1, 0.15) is 37.3 Å². The Hall–Kier alpha value is -1.26. The molecule has 1 rings (SSSR count). The standard InChI is InChI=1S/C14H22ClN3O/c1-3-4-5-8-18(2)10-12-7-6-11(9-13(12)15)14(16)17-19/h6-7,9,19H,3-5,8,10H2,1-2H3,(H2,16,17). The van der Waals surface area contributed by atoms with Crippen molar-refractivity contribution in [3.63, 3.8) is 0 Å². The maximum absolute atomic E-state index is 8.63. The maximum atomic E-state index is 8.63. The van der Waals surface area contributed by atoms with Gasteiger partial charge in [0.2, 0.25) is 0 Å². The van der Waals surface area contributed by atoms with Crippen molar-refractivity contribution >= 4 is 17.4 Å². The number of oxime groups is 1. The Balaban J connectivity index is 2.64. The van der Waals surface area contributed by atoms with Gasteiger partial charge in [-0.05, 0) is 31.6 Å². The van der Waals surface area contributed by atoms with E-state index in [0.29, 0.717) is 10.6 Å². The molecular formula is C14H22ClN3O. The fraction of sp³-hybridized carbons (Fsp3) is 0.500. The van der Waals surface area contributed by atoms with E-state index in [1.807, 2.05) is 12.1 Å². The Kier molecular flexibility index (Phi) is 6.67. The van der Waals surface area contributed by atoms with Crippen LogP contribution in [0.15, 0.2) is 23.4 Å². The van der Waals surface area contributed by atoms with Gasteiger partial charge in [0, 0.05) is 17.1 Å². The molecule has 4 nitrogen and oxygen atoms in total. The van der Waals surface area contributed by atoms with E-state index in [4.69, 9.17) is 22.5 Å². The molecule has 0 aliphatic carbocycles. The molecule has 0 atom stereocenters. The van der Waals surface area contributed by atoms with Gasteiger partial charge >= 0.3 is 0 Å². The number of hydrogen-bond donors (Lipinski definition) is 2. The second kappa shape index (κ2) is 8.02. The number of rotatable bonds is 7. The minimum absolute atomic E-state index is 0.0738. The van der Waals surface area contributed by atoms with Crippen LogP contribution in [-0.2, 0) is 6.54 Å². The van der Waals surface area contributed by atoms with E-state index in [1.54, 1.807) is 6.07 Å². The van der Waals surface area contributed by atoms with Crippen molar-refractivity contribution in [2.45, 2.75) is 32.7 Å². The molecule has 0 aromatic heterocycles. The van der Waals surface area contributed by atoms with Crippen molar-refractivity contribution in [3.8, 4) is 0 Å². The molecule has 0 saturated carbocycles. The molecule has 3 N–H and O–H groups in total. The highest BCUT2D eigenvalue weighted by molar-refractivity contribution is 6.31. The van der Waals surface area contributed by atoms with Gasteiger partial charge in [0.25, 0.3) is 0 Å². The monoisotopic (exact) mass is 283 g/mol. The van der Waals surface area contributed by atoms with Gasteiger partial charge in [-0.2, -0.15) is 0 Å². The molecule has 0 heterocycles. The molecule has 0 unspecified atom stereocenters. The van der Waals surface area contributed by atoms with Gasteiger partial charge in [-0.1, -0.05) is 48.7 Å². The summed E-state index contributed by atoms with van der Waals surface area (Å²) in [6.45, 7) is 4.06.